The van der Waals surface area contributed by atoms with Crippen molar-refractivity contribution in [1.29, 1.82) is 0 Å². The first kappa shape index (κ1) is 13.9. The Labute approximate surface area is 128 Å². The van der Waals surface area contributed by atoms with Gasteiger partial charge in [0.15, 0.2) is 0 Å². The maximum Gasteiger partial charge on any atom is 0.219 e. The number of benzene rings is 2. The third-order valence-electron chi connectivity index (χ3n) is 3.22. The van der Waals surface area contributed by atoms with Crippen LogP contribution in [-0.4, -0.2) is 12.0 Å². The molecular formula is C17H15ClN2O. The first-order valence-electron chi connectivity index (χ1n) is 6.72. The molecule has 3 rings (SSSR count). The van der Waals surface area contributed by atoms with Gasteiger partial charge in [0.05, 0.1) is 5.02 Å². The van der Waals surface area contributed by atoms with Gasteiger partial charge in [-0.25, -0.2) is 4.98 Å². The lowest BCUT2D eigenvalue weighted by atomic mass is 10.1. The summed E-state index contributed by atoms with van der Waals surface area (Å²) in [5.74, 6) is 1.30. The summed E-state index contributed by atoms with van der Waals surface area (Å²) in [6.07, 6.45) is 1.62. The molecule has 1 aromatic heterocycles. The van der Waals surface area contributed by atoms with Gasteiger partial charge in [0.25, 0.3) is 0 Å². The molecule has 106 valence electrons. The Kier molecular flexibility index (Phi) is 4.04. The van der Waals surface area contributed by atoms with Crippen LogP contribution in [0.1, 0.15) is 5.56 Å². The van der Waals surface area contributed by atoms with Gasteiger partial charge in [-0.2, -0.15) is 0 Å². The van der Waals surface area contributed by atoms with E-state index in [9.17, 15) is 0 Å². The van der Waals surface area contributed by atoms with Crippen molar-refractivity contribution in [3.8, 4) is 11.6 Å². The SMILES string of the molecule is CNCc1cc(Oc2ccc3ccccc3c2)ncc1Cl. The van der Waals surface area contributed by atoms with E-state index < -0.39 is 0 Å². The summed E-state index contributed by atoms with van der Waals surface area (Å²) >= 11 is 6.10. The van der Waals surface area contributed by atoms with Crippen molar-refractivity contribution < 1.29 is 4.74 Å². The van der Waals surface area contributed by atoms with Crippen molar-refractivity contribution in [2.24, 2.45) is 0 Å². The molecule has 1 heterocycles. The number of nitrogens with zero attached hydrogens (tertiary/aromatic N) is 1. The Morgan fingerprint density at radius 3 is 2.71 bits per heavy atom. The van der Waals surface area contributed by atoms with E-state index in [1.54, 1.807) is 6.20 Å². The molecule has 0 atom stereocenters. The Morgan fingerprint density at radius 1 is 1.10 bits per heavy atom. The number of pyridine rings is 1. The van der Waals surface area contributed by atoms with E-state index in [0.717, 1.165) is 16.7 Å². The van der Waals surface area contributed by atoms with Crippen molar-refractivity contribution in [2.45, 2.75) is 6.54 Å². The fourth-order valence-electron chi connectivity index (χ4n) is 2.19. The topological polar surface area (TPSA) is 34.1 Å². The first-order chi connectivity index (χ1) is 10.3. The molecule has 0 amide bonds. The molecule has 0 spiro atoms. The lowest BCUT2D eigenvalue weighted by Crippen LogP contribution is -2.06. The van der Waals surface area contributed by atoms with Gasteiger partial charge in [-0.15, -0.1) is 0 Å². The maximum atomic E-state index is 6.10. The fourth-order valence-corrected chi connectivity index (χ4v) is 2.36. The van der Waals surface area contributed by atoms with Gasteiger partial charge in [0.2, 0.25) is 5.88 Å². The van der Waals surface area contributed by atoms with E-state index in [4.69, 9.17) is 16.3 Å². The van der Waals surface area contributed by atoms with Gasteiger partial charge < -0.3 is 10.1 Å². The Balaban J connectivity index is 1.89. The highest BCUT2D eigenvalue weighted by molar-refractivity contribution is 6.31. The van der Waals surface area contributed by atoms with E-state index in [-0.39, 0.29) is 0 Å². The van der Waals surface area contributed by atoms with Gasteiger partial charge in [-0.1, -0.05) is 41.9 Å². The molecule has 0 aliphatic heterocycles. The normalized spacial score (nSPS) is 10.8. The Bertz CT molecular complexity index is 774. The summed E-state index contributed by atoms with van der Waals surface area (Å²) in [7, 11) is 1.88. The molecule has 1 N–H and O–H groups in total. The predicted octanol–water partition coefficient (Wildman–Crippen LogP) is 4.40. The molecular weight excluding hydrogens is 284 g/mol. The van der Waals surface area contributed by atoms with Gasteiger partial charge in [-0.3, -0.25) is 0 Å². The second-order valence-electron chi connectivity index (χ2n) is 4.76. The highest BCUT2D eigenvalue weighted by Gasteiger charge is 2.05. The van der Waals surface area contributed by atoms with Crippen LogP contribution in [0.4, 0.5) is 0 Å². The van der Waals surface area contributed by atoms with Crippen molar-refractivity contribution >= 4 is 22.4 Å². The van der Waals surface area contributed by atoms with Gasteiger partial charge in [-0.05, 0) is 35.5 Å². The van der Waals surface area contributed by atoms with Crippen LogP contribution < -0.4 is 10.1 Å². The Hall–Kier alpha value is -2.10. The molecule has 0 aliphatic rings. The molecule has 3 nitrogen and oxygen atoms in total. The van der Waals surface area contributed by atoms with Crippen LogP contribution in [-0.2, 0) is 6.54 Å². The molecule has 3 aromatic rings. The summed E-state index contributed by atoms with van der Waals surface area (Å²) in [6, 6.07) is 16.0. The smallest absolute Gasteiger partial charge is 0.219 e. The molecule has 0 radical (unpaired) electrons. The largest absolute Gasteiger partial charge is 0.439 e. The highest BCUT2D eigenvalue weighted by Crippen LogP contribution is 2.26. The summed E-state index contributed by atoms with van der Waals surface area (Å²) < 4.78 is 5.83. The number of halogens is 1. The van der Waals surface area contributed by atoms with Crippen molar-refractivity contribution in [3.63, 3.8) is 0 Å². The predicted molar refractivity (Wildman–Crippen MR) is 86.0 cm³/mol. The van der Waals surface area contributed by atoms with Crippen LogP contribution in [0.5, 0.6) is 11.6 Å². The minimum atomic E-state index is 0.542. The van der Waals surface area contributed by atoms with Gasteiger partial charge in [0, 0.05) is 18.8 Å². The molecule has 0 bridgehead atoms. The van der Waals surface area contributed by atoms with E-state index >= 15 is 0 Å². The molecule has 0 saturated carbocycles. The number of hydrogen-bond donors (Lipinski definition) is 1. The number of fused-ring (bicyclic) bond motifs is 1. The van der Waals surface area contributed by atoms with Crippen molar-refractivity contribution in [3.05, 3.63) is 65.3 Å². The lowest BCUT2D eigenvalue weighted by molar-refractivity contribution is 0.462. The quantitative estimate of drug-likeness (QED) is 0.775. The van der Waals surface area contributed by atoms with Crippen LogP contribution in [0.3, 0.4) is 0 Å². The zero-order chi connectivity index (χ0) is 14.7. The lowest BCUT2D eigenvalue weighted by Gasteiger charge is -2.09. The average Bonchev–Trinajstić information content (AvgIpc) is 2.51. The zero-order valence-corrected chi connectivity index (χ0v) is 12.4. The molecule has 4 heteroatoms. The van der Waals surface area contributed by atoms with Gasteiger partial charge >= 0.3 is 0 Å². The minimum Gasteiger partial charge on any atom is -0.439 e. The summed E-state index contributed by atoms with van der Waals surface area (Å²) in [4.78, 5) is 4.21. The molecule has 2 aromatic carbocycles. The van der Waals surface area contributed by atoms with Gasteiger partial charge in [0.1, 0.15) is 5.75 Å². The number of hydrogen-bond acceptors (Lipinski definition) is 3. The summed E-state index contributed by atoms with van der Waals surface area (Å²) in [5.41, 5.74) is 0.963. The molecule has 0 fully saturated rings. The van der Waals surface area contributed by atoms with E-state index in [2.05, 4.69) is 22.4 Å². The first-order valence-corrected chi connectivity index (χ1v) is 7.10. The molecule has 0 aliphatic carbocycles. The van der Waals surface area contributed by atoms with Crippen LogP contribution >= 0.6 is 11.6 Å². The highest BCUT2D eigenvalue weighted by atomic mass is 35.5. The standard InChI is InChI=1S/C17H15ClN2O/c1-19-10-14-9-17(20-11-16(14)18)21-15-7-6-12-4-2-3-5-13(12)8-15/h2-9,11,19H,10H2,1H3. The third kappa shape index (κ3) is 3.15. The summed E-state index contributed by atoms with van der Waals surface area (Å²) in [5, 5.41) is 6.03. The zero-order valence-electron chi connectivity index (χ0n) is 11.6. The summed E-state index contributed by atoms with van der Waals surface area (Å²) in [6.45, 7) is 0.676. The monoisotopic (exact) mass is 298 g/mol. The van der Waals surface area contributed by atoms with E-state index in [1.165, 1.54) is 5.39 Å². The van der Waals surface area contributed by atoms with E-state index in [1.807, 2.05) is 43.4 Å². The average molecular weight is 299 g/mol. The third-order valence-corrected chi connectivity index (χ3v) is 3.56. The van der Waals surface area contributed by atoms with Crippen LogP contribution in [0.25, 0.3) is 10.8 Å². The fraction of sp³-hybridized carbons (Fsp3) is 0.118. The second-order valence-corrected chi connectivity index (χ2v) is 5.16. The molecule has 0 unspecified atom stereocenters. The number of rotatable bonds is 4. The van der Waals surface area contributed by atoms with E-state index in [0.29, 0.717) is 17.4 Å². The Morgan fingerprint density at radius 2 is 1.90 bits per heavy atom. The minimum absolute atomic E-state index is 0.542. The van der Waals surface area contributed by atoms with Crippen LogP contribution in [0, 0.1) is 0 Å². The number of aromatic nitrogens is 1. The molecule has 21 heavy (non-hydrogen) atoms. The van der Waals surface area contributed by atoms with Crippen molar-refractivity contribution in [2.75, 3.05) is 7.05 Å². The second kappa shape index (κ2) is 6.12. The number of nitrogens with one attached hydrogen (secondary N) is 1. The van der Waals surface area contributed by atoms with Crippen LogP contribution in [0.15, 0.2) is 54.7 Å². The van der Waals surface area contributed by atoms with Crippen molar-refractivity contribution in [1.82, 2.24) is 10.3 Å². The molecule has 0 saturated heterocycles. The maximum absolute atomic E-state index is 6.10. The van der Waals surface area contributed by atoms with Crippen LogP contribution in [0.2, 0.25) is 5.02 Å². The number of ether oxygens (including phenoxy) is 1.